The van der Waals surface area contributed by atoms with Crippen molar-refractivity contribution in [1.82, 2.24) is 0 Å². The summed E-state index contributed by atoms with van der Waals surface area (Å²) in [6, 6.07) is 0. The minimum Gasteiger partial charge on any atom is -0.462 e. The van der Waals surface area contributed by atoms with Crippen LogP contribution in [0.2, 0.25) is 0 Å². The Kier molecular flexibility index (Phi) is 41.1. The van der Waals surface area contributed by atoms with E-state index in [4.69, 9.17) is 19.3 Å². The zero-order chi connectivity index (χ0) is 41.1. The number of phosphoric acid groups is 1. The van der Waals surface area contributed by atoms with Gasteiger partial charge in [0.1, 0.15) is 6.61 Å². The van der Waals surface area contributed by atoms with Gasteiger partial charge in [0.2, 0.25) is 0 Å². The Labute approximate surface area is 344 Å². The molecule has 8 nitrogen and oxygen atoms in total. The first-order valence-corrected chi connectivity index (χ1v) is 24.5. The van der Waals surface area contributed by atoms with Gasteiger partial charge >= 0.3 is 19.8 Å². The second kappa shape index (κ2) is 42.6. The number of hydrogen-bond donors (Lipinski definition) is 2. The van der Waals surface area contributed by atoms with Crippen LogP contribution in [0.4, 0.5) is 0 Å². The number of ether oxygens (including phenoxy) is 2. The third-order valence-electron chi connectivity index (χ3n) is 9.86. The quantitative estimate of drug-likeness (QED) is 0.0271. The molecule has 2 N–H and O–H groups in total. The SMILES string of the molecule is CC/C=C\C/C=C\C/C=C\C/C=C\CCCCCCC(=O)OC[C@H](COP(=O)(O)O)OC(=O)CCCCCCCCCCCCCCCCCCCCCCC. The van der Waals surface area contributed by atoms with Crippen molar-refractivity contribution < 1.29 is 37.9 Å². The van der Waals surface area contributed by atoms with Gasteiger partial charge in [0.25, 0.3) is 0 Å². The van der Waals surface area contributed by atoms with Crippen LogP contribution in [-0.4, -0.2) is 41.0 Å². The lowest BCUT2D eigenvalue weighted by atomic mass is 10.0. The number of hydrogen-bond acceptors (Lipinski definition) is 6. The fourth-order valence-corrected chi connectivity index (χ4v) is 6.84. The first-order valence-electron chi connectivity index (χ1n) is 22.9. The average molecular weight is 809 g/mol. The number of carbonyl (C=O) groups excluding carboxylic acids is 2. The van der Waals surface area contributed by atoms with Crippen LogP contribution in [-0.2, 0) is 28.2 Å². The lowest BCUT2D eigenvalue weighted by Crippen LogP contribution is -2.29. The van der Waals surface area contributed by atoms with Crippen molar-refractivity contribution in [2.75, 3.05) is 13.2 Å². The highest BCUT2D eigenvalue weighted by Crippen LogP contribution is 2.36. The summed E-state index contributed by atoms with van der Waals surface area (Å²) in [5.74, 6) is -0.906. The third-order valence-corrected chi connectivity index (χ3v) is 10.3. The Morgan fingerprint density at radius 2 is 0.857 bits per heavy atom. The van der Waals surface area contributed by atoms with E-state index in [1.165, 1.54) is 109 Å². The summed E-state index contributed by atoms with van der Waals surface area (Å²) >= 11 is 0. The van der Waals surface area contributed by atoms with Gasteiger partial charge in [-0.05, 0) is 51.4 Å². The van der Waals surface area contributed by atoms with E-state index in [1.54, 1.807) is 0 Å². The van der Waals surface area contributed by atoms with Crippen LogP contribution in [0.1, 0.15) is 219 Å². The highest BCUT2D eigenvalue weighted by Gasteiger charge is 2.22. The molecule has 0 saturated carbocycles. The minimum absolute atomic E-state index is 0.209. The molecule has 0 aliphatic rings. The van der Waals surface area contributed by atoms with Crippen LogP contribution in [0.15, 0.2) is 48.6 Å². The fourth-order valence-electron chi connectivity index (χ4n) is 6.48. The summed E-state index contributed by atoms with van der Waals surface area (Å²) < 4.78 is 26.4. The molecule has 0 aromatic heterocycles. The van der Waals surface area contributed by atoms with Crippen LogP contribution < -0.4 is 0 Å². The predicted octanol–water partition coefficient (Wildman–Crippen LogP) is 14.3. The van der Waals surface area contributed by atoms with Crippen molar-refractivity contribution in [3.8, 4) is 0 Å². The van der Waals surface area contributed by atoms with Gasteiger partial charge in [-0.15, -0.1) is 0 Å². The molecule has 0 rings (SSSR count). The van der Waals surface area contributed by atoms with Crippen LogP contribution >= 0.6 is 7.82 Å². The maximum Gasteiger partial charge on any atom is 0.469 e. The lowest BCUT2D eigenvalue weighted by molar-refractivity contribution is -0.161. The maximum absolute atomic E-state index is 12.4. The monoisotopic (exact) mass is 809 g/mol. The number of rotatable bonds is 42. The van der Waals surface area contributed by atoms with E-state index in [-0.39, 0.29) is 19.4 Å². The van der Waals surface area contributed by atoms with E-state index in [0.717, 1.165) is 70.6 Å². The summed E-state index contributed by atoms with van der Waals surface area (Å²) in [4.78, 5) is 43.0. The lowest BCUT2D eigenvalue weighted by Gasteiger charge is -2.18. The molecule has 0 bridgehead atoms. The van der Waals surface area contributed by atoms with Crippen molar-refractivity contribution in [3.63, 3.8) is 0 Å². The molecule has 0 aliphatic heterocycles. The summed E-state index contributed by atoms with van der Waals surface area (Å²) in [5.41, 5.74) is 0. The second-order valence-electron chi connectivity index (χ2n) is 15.4. The molecule has 0 aromatic carbocycles. The zero-order valence-corrected chi connectivity index (χ0v) is 36.9. The fraction of sp³-hybridized carbons (Fsp3) is 0.787. The number of esters is 2. The average Bonchev–Trinajstić information content (AvgIpc) is 3.17. The molecule has 326 valence electrons. The maximum atomic E-state index is 12.4. The van der Waals surface area contributed by atoms with Gasteiger partial charge in [-0.1, -0.05) is 204 Å². The van der Waals surface area contributed by atoms with Crippen molar-refractivity contribution in [2.45, 2.75) is 225 Å². The van der Waals surface area contributed by atoms with Crippen molar-refractivity contribution in [3.05, 3.63) is 48.6 Å². The largest absolute Gasteiger partial charge is 0.469 e. The molecular formula is C47H85O8P. The normalized spacial score (nSPS) is 12.9. The van der Waals surface area contributed by atoms with Crippen LogP contribution in [0.5, 0.6) is 0 Å². The molecule has 0 spiro atoms. The molecule has 0 saturated heterocycles. The Bertz CT molecular complexity index is 1050. The number of carbonyl (C=O) groups is 2. The highest BCUT2D eigenvalue weighted by molar-refractivity contribution is 7.46. The standard InChI is InChI=1S/C47H85O8P/c1-3-5-7-9-11-13-15-17-19-21-22-23-24-26-28-30-32-34-36-38-40-42-47(49)55-45(44-54-56(50,51)52)43-53-46(48)41-39-37-35-33-31-29-27-25-20-18-16-14-12-10-8-6-4-2/h6,8,12,14,18,20,27,29,45H,3-5,7,9-11,13,15-17,19,21-26,28,30-44H2,1-2H3,(H2,50,51,52)/b8-6-,14-12-,20-18-,29-27-/t45-/m1/s1. The van der Waals surface area contributed by atoms with E-state index in [9.17, 15) is 14.2 Å². The molecule has 0 radical (unpaired) electrons. The number of unbranched alkanes of at least 4 members (excludes halogenated alkanes) is 24. The Morgan fingerprint density at radius 1 is 0.482 bits per heavy atom. The molecule has 0 heterocycles. The zero-order valence-electron chi connectivity index (χ0n) is 36.0. The molecule has 0 amide bonds. The summed E-state index contributed by atoms with van der Waals surface area (Å²) in [6.45, 7) is 3.58. The Hall–Kier alpha value is -1.99. The molecule has 1 atom stereocenters. The van der Waals surface area contributed by atoms with Gasteiger partial charge < -0.3 is 19.3 Å². The van der Waals surface area contributed by atoms with Gasteiger partial charge in [0.05, 0.1) is 6.61 Å². The molecule has 0 fully saturated rings. The van der Waals surface area contributed by atoms with Gasteiger partial charge in [0, 0.05) is 12.8 Å². The van der Waals surface area contributed by atoms with Crippen molar-refractivity contribution >= 4 is 19.8 Å². The molecule has 0 aromatic rings. The number of allylic oxidation sites excluding steroid dienone is 8. The summed E-state index contributed by atoms with van der Waals surface area (Å²) in [6.07, 6.45) is 52.7. The van der Waals surface area contributed by atoms with Crippen LogP contribution in [0, 0.1) is 0 Å². The summed E-state index contributed by atoms with van der Waals surface area (Å²) in [7, 11) is -4.76. The first kappa shape index (κ1) is 54.0. The number of phosphoric ester groups is 1. The Morgan fingerprint density at radius 3 is 1.29 bits per heavy atom. The molecule has 0 aliphatic carbocycles. The molecular weight excluding hydrogens is 723 g/mol. The van der Waals surface area contributed by atoms with Gasteiger partial charge in [-0.25, -0.2) is 4.57 Å². The topological polar surface area (TPSA) is 119 Å². The molecule has 0 unspecified atom stereocenters. The van der Waals surface area contributed by atoms with Crippen molar-refractivity contribution in [2.24, 2.45) is 0 Å². The second-order valence-corrected chi connectivity index (χ2v) is 16.6. The molecule has 9 heteroatoms. The van der Waals surface area contributed by atoms with E-state index in [2.05, 4.69) is 67.0 Å². The summed E-state index contributed by atoms with van der Waals surface area (Å²) in [5, 5.41) is 0. The van der Waals surface area contributed by atoms with E-state index >= 15 is 0 Å². The van der Waals surface area contributed by atoms with Crippen molar-refractivity contribution in [1.29, 1.82) is 0 Å². The third kappa shape index (κ3) is 44.7. The highest BCUT2D eigenvalue weighted by atomic mass is 31.2. The van der Waals surface area contributed by atoms with Crippen LogP contribution in [0.25, 0.3) is 0 Å². The smallest absolute Gasteiger partial charge is 0.462 e. The van der Waals surface area contributed by atoms with E-state index in [0.29, 0.717) is 12.8 Å². The van der Waals surface area contributed by atoms with Gasteiger partial charge in [-0.3, -0.25) is 14.1 Å². The first-order chi connectivity index (χ1) is 27.3. The Balaban J connectivity index is 3.88. The van der Waals surface area contributed by atoms with E-state index in [1.807, 2.05) is 0 Å². The predicted molar refractivity (Wildman–Crippen MR) is 234 cm³/mol. The minimum atomic E-state index is -4.76. The van der Waals surface area contributed by atoms with Crippen LogP contribution in [0.3, 0.4) is 0 Å². The molecule has 56 heavy (non-hydrogen) atoms. The van der Waals surface area contributed by atoms with E-state index < -0.39 is 32.5 Å². The van der Waals surface area contributed by atoms with Gasteiger partial charge in [0.15, 0.2) is 6.10 Å². The van der Waals surface area contributed by atoms with Gasteiger partial charge in [-0.2, -0.15) is 0 Å².